The third-order valence-corrected chi connectivity index (χ3v) is 5.40. The lowest BCUT2D eigenvalue weighted by Crippen LogP contribution is -2.25. The van der Waals surface area contributed by atoms with E-state index in [9.17, 15) is 4.79 Å². The first-order chi connectivity index (χ1) is 12.9. The lowest BCUT2D eigenvalue weighted by atomic mass is 10.1. The fourth-order valence-electron chi connectivity index (χ4n) is 3.47. The zero-order chi connectivity index (χ0) is 19.6. The molecule has 0 atom stereocenters. The van der Waals surface area contributed by atoms with Crippen LogP contribution < -0.4 is 5.32 Å². The van der Waals surface area contributed by atoms with Crippen LogP contribution in [0.3, 0.4) is 0 Å². The summed E-state index contributed by atoms with van der Waals surface area (Å²) in [6.45, 7) is 8.92. The van der Waals surface area contributed by atoms with E-state index < -0.39 is 0 Å². The molecule has 0 saturated heterocycles. The van der Waals surface area contributed by atoms with Crippen LogP contribution in [0.25, 0.3) is 11.0 Å². The molecule has 0 fully saturated rings. The largest absolute Gasteiger partial charge is 0.356 e. The number of nitrogens with one attached hydrogen (secondary N) is 2. The number of aryl methyl sites for hydroxylation is 5. The highest BCUT2D eigenvalue weighted by atomic mass is 16.1. The van der Waals surface area contributed by atoms with Crippen molar-refractivity contribution in [2.75, 3.05) is 6.54 Å². The Hall–Kier alpha value is -2.63. The first kappa shape index (κ1) is 19.1. The van der Waals surface area contributed by atoms with Gasteiger partial charge >= 0.3 is 0 Å². The lowest BCUT2D eigenvalue weighted by Gasteiger charge is -2.05. The van der Waals surface area contributed by atoms with Crippen molar-refractivity contribution in [2.45, 2.75) is 53.4 Å². The van der Waals surface area contributed by atoms with Gasteiger partial charge in [0.15, 0.2) is 0 Å². The fraction of sp³-hybridized carbons (Fsp3) is 0.476. The highest BCUT2D eigenvalue weighted by Gasteiger charge is 2.11. The average molecular weight is 367 g/mol. The molecular weight excluding hydrogens is 338 g/mol. The Morgan fingerprint density at radius 1 is 1.19 bits per heavy atom. The minimum Gasteiger partial charge on any atom is -0.356 e. The molecule has 1 amide bonds. The molecule has 0 aliphatic heterocycles. The van der Waals surface area contributed by atoms with Crippen molar-refractivity contribution in [2.24, 2.45) is 7.05 Å². The summed E-state index contributed by atoms with van der Waals surface area (Å²) >= 11 is 0. The Morgan fingerprint density at radius 3 is 2.67 bits per heavy atom. The Kier molecular flexibility index (Phi) is 5.63. The summed E-state index contributed by atoms with van der Waals surface area (Å²) in [5.74, 6) is 1.07. The van der Waals surface area contributed by atoms with Crippen molar-refractivity contribution < 1.29 is 4.79 Å². The van der Waals surface area contributed by atoms with Gasteiger partial charge in [-0.05, 0) is 63.3 Å². The van der Waals surface area contributed by atoms with Crippen LogP contribution in [0.4, 0.5) is 0 Å². The van der Waals surface area contributed by atoms with E-state index in [0.717, 1.165) is 47.5 Å². The number of hydrogen-bond donors (Lipinski definition) is 2. The maximum absolute atomic E-state index is 12.1. The molecule has 3 aromatic rings. The van der Waals surface area contributed by atoms with Crippen LogP contribution in [0.2, 0.25) is 0 Å². The van der Waals surface area contributed by atoms with Gasteiger partial charge in [0.1, 0.15) is 5.82 Å². The molecule has 2 heterocycles. The van der Waals surface area contributed by atoms with E-state index in [-0.39, 0.29) is 5.91 Å². The second-order valence-electron chi connectivity index (χ2n) is 7.31. The normalized spacial score (nSPS) is 11.3. The van der Waals surface area contributed by atoms with Crippen LogP contribution in [-0.2, 0) is 24.7 Å². The van der Waals surface area contributed by atoms with Gasteiger partial charge in [-0.1, -0.05) is 6.07 Å². The molecule has 0 unspecified atom stereocenters. The summed E-state index contributed by atoms with van der Waals surface area (Å²) in [6, 6.07) is 4.20. The minimum absolute atomic E-state index is 0.0914. The zero-order valence-corrected chi connectivity index (χ0v) is 16.9. The second kappa shape index (κ2) is 7.94. The summed E-state index contributed by atoms with van der Waals surface area (Å²) in [5, 5.41) is 7.42. The highest BCUT2D eigenvalue weighted by molar-refractivity contribution is 5.79. The summed E-state index contributed by atoms with van der Waals surface area (Å²) in [7, 11) is 1.94. The summed E-state index contributed by atoms with van der Waals surface area (Å²) in [5.41, 5.74) is 7.95. The first-order valence-corrected chi connectivity index (χ1v) is 9.57. The molecule has 0 bridgehead atoms. The molecule has 6 heteroatoms. The highest BCUT2D eigenvalue weighted by Crippen LogP contribution is 2.19. The SMILES string of the molecule is Cc1ccc2[nH]c(CCCNC(=O)CCc3c(C)nn(C)c3C)nc2c1C. The van der Waals surface area contributed by atoms with Gasteiger partial charge in [0, 0.05) is 32.1 Å². The molecule has 3 rings (SSSR count). The van der Waals surface area contributed by atoms with Gasteiger partial charge in [-0.15, -0.1) is 0 Å². The Labute approximate surface area is 160 Å². The number of fused-ring (bicyclic) bond motifs is 1. The molecule has 0 aliphatic rings. The average Bonchev–Trinajstić information content (AvgIpc) is 3.15. The van der Waals surface area contributed by atoms with Gasteiger partial charge in [-0.2, -0.15) is 5.10 Å². The standard InChI is InChI=1S/C21H29N5O/c1-13-8-10-18-21(14(13)2)24-19(23-18)7-6-12-22-20(27)11-9-17-15(3)25-26(5)16(17)4/h8,10H,6-7,9,11-12H2,1-5H3,(H,22,27)(H,23,24). The van der Waals surface area contributed by atoms with E-state index in [1.807, 2.05) is 25.6 Å². The number of hydrogen-bond acceptors (Lipinski definition) is 3. The Morgan fingerprint density at radius 2 is 1.96 bits per heavy atom. The molecule has 0 spiro atoms. The predicted octanol–water partition coefficient (Wildman–Crippen LogP) is 3.21. The third kappa shape index (κ3) is 4.21. The van der Waals surface area contributed by atoms with Crippen molar-refractivity contribution in [3.05, 3.63) is 46.0 Å². The van der Waals surface area contributed by atoms with Crippen molar-refractivity contribution in [1.82, 2.24) is 25.1 Å². The maximum atomic E-state index is 12.1. The van der Waals surface area contributed by atoms with Crippen LogP contribution >= 0.6 is 0 Å². The number of benzene rings is 1. The van der Waals surface area contributed by atoms with Crippen LogP contribution in [0.1, 0.15) is 46.7 Å². The van der Waals surface area contributed by atoms with Gasteiger partial charge in [0.2, 0.25) is 5.91 Å². The molecule has 0 radical (unpaired) electrons. The van der Waals surface area contributed by atoms with E-state index in [4.69, 9.17) is 4.98 Å². The monoisotopic (exact) mass is 367 g/mol. The Bertz CT molecular complexity index is 967. The van der Waals surface area contributed by atoms with E-state index >= 15 is 0 Å². The van der Waals surface area contributed by atoms with Gasteiger partial charge < -0.3 is 10.3 Å². The first-order valence-electron chi connectivity index (χ1n) is 9.57. The molecule has 27 heavy (non-hydrogen) atoms. The lowest BCUT2D eigenvalue weighted by molar-refractivity contribution is -0.121. The third-order valence-electron chi connectivity index (χ3n) is 5.40. The smallest absolute Gasteiger partial charge is 0.220 e. The number of amides is 1. The van der Waals surface area contributed by atoms with Crippen LogP contribution in [-0.4, -0.2) is 32.2 Å². The fourth-order valence-corrected chi connectivity index (χ4v) is 3.47. The summed E-state index contributed by atoms with van der Waals surface area (Å²) < 4.78 is 1.87. The number of aromatic nitrogens is 4. The minimum atomic E-state index is 0.0914. The topological polar surface area (TPSA) is 75.6 Å². The number of carbonyl (C=O) groups is 1. The number of carbonyl (C=O) groups excluding carboxylic acids is 1. The molecule has 2 aromatic heterocycles. The second-order valence-corrected chi connectivity index (χ2v) is 7.31. The van der Waals surface area contributed by atoms with Crippen LogP contribution in [0.5, 0.6) is 0 Å². The zero-order valence-electron chi connectivity index (χ0n) is 16.9. The summed E-state index contributed by atoms with van der Waals surface area (Å²) in [4.78, 5) is 20.2. The van der Waals surface area contributed by atoms with E-state index in [1.165, 1.54) is 16.7 Å². The predicted molar refractivity (Wildman–Crippen MR) is 108 cm³/mol. The van der Waals surface area contributed by atoms with Crippen molar-refractivity contribution in [1.29, 1.82) is 0 Å². The number of nitrogens with zero attached hydrogens (tertiary/aromatic N) is 3. The van der Waals surface area contributed by atoms with E-state index in [2.05, 4.69) is 41.4 Å². The maximum Gasteiger partial charge on any atom is 0.220 e. The number of H-pyrrole nitrogens is 1. The van der Waals surface area contributed by atoms with Gasteiger partial charge in [0.05, 0.1) is 16.7 Å². The molecule has 2 N–H and O–H groups in total. The van der Waals surface area contributed by atoms with Gasteiger partial charge in [0.25, 0.3) is 0 Å². The molecule has 6 nitrogen and oxygen atoms in total. The van der Waals surface area contributed by atoms with Crippen LogP contribution in [0.15, 0.2) is 12.1 Å². The van der Waals surface area contributed by atoms with Crippen molar-refractivity contribution in [3.63, 3.8) is 0 Å². The molecule has 0 saturated carbocycles. The summed E-state index contributed by atoms with van der Waals surface area (Å²) in [6.07, 6.45) is 2.93. The molecule has 1 aromatic carbocycles. The Balaban J connectivity index is 1.45. The number of rotatable bonds is 7. The van der Waals surface area contributed by atoms with E-state index in [1.54, 1.807) is 0 Å². The van der Waals surface area contributed by atoms with E-state index in [0.29, 0.717) is 13.0 Å². The van der Waals surface area contributed by atoms with Crippen LogP contribution in [0, 0.1) is 27.7 Å². The van der Waals surface area contributed by atoms with Crippen molar-refractivity contribution in [3.8, 4) is 0 Å². The quantitative estimate of drug-likeness (QED) is 0.630. The molecular formula is C21H29N5O. The van der Waals surface area contributed by atoms with Gasteiger partial charge in [-0.3, -0.25) is 9.48 Å². The number of imidazole rings is 1. The molecule has 144 valence electrons. The molecule has 0 aliphatic carbocycles. The number of aromatic amines is 1. The van der Waals surface area contributed by atoms with Gasteiger partial charge in [-0.25, -0.2) is 4.98 Å². The van der Waals surface area contributed by atoms with Crippen molar-refractivity contribution >= 4 is 16.9 Å².